The number of para-hydroxylation sites is 1. The number of hydrazone groups is 1. The minimum atomic E-state index is -0.409. The van der Waals surface area contributed by atoms with E-state index in [1.165, 1.54) is 43.3 Å². The van der Waals surface area contributed by atoms with Crippen molar-refractivity contribution in [2.24, 2.45) is 5.10 Å². The van der Waals surface area contributed by atoms with E-state index in [0.717, 1.165) is 24.2 Å². The maximum absolute atomic E-state index is 12.8. The molecular formula is C21H25FN2O3. The third-order valence-electron chi connectivity index (χ3n) is 3.75. The maximum atomic E-state index is 12.8. The minimum absolute atomic E-state index is 0.210. The molecule has 27 heavy (non-hydrogen) atoms. The molecule has 0 heterocycles. The molecule has 0 aliphatic heterocycles. The topological polar surface area (TPSA) is 59.9 Å². The average molecular weight is 372 g/mol. The summed E-state index contributed by atoms with van der Waals surface area (Å²) in [4.78, 5) is 11.8. The summed E-state index contributed by atoms with van der Waals surface area (Å²) in [7, 11) is 0. The molecule has 0 fully saturated rings. The Bertz CT molecular complexity index is 732. The first-order valence-corrected chi connectivity index (χ1v) is 9.11. The van der Waals surface area contributed by atoms with Crippen LogP contribution in [0.3, 0.4) is 0 Å². The summed E-state index contributed by atoms with van der Waals surface area (Å²) in [5, 5.41) is 3.94. The Labute approximate surface area is 159 Å². The molecule has 2 aromatic rings. The summed E-state index contributed by atoms with van der Waals surface area (Å²) in [6.45, 7) is 2.62. The second-order valence-corrected chi connectivity index (χ2v) is 5.98. The van der Waals surface area contributed by atoms with Gasteiger partial charge in [-0.3, -0.25) is 4.79 Å². The van der Waals surface area contributed by atoms with Crippen molar-refractivity contribution in [2.45, 2.75) is 32.6 Å². The fraction of sp³-hybridized carbons (Fsp3) is 0.333. The van der Waals surface area contributed by atoms with E-state index in [9.17, 15) is 9.18 Å². The number of ether oxygens (including phenoxy) is 2. The van der Waals surface area contributed by atoms with Crippen molar-refractivity contribution in [1.82, 2.24) is 5.43 Å². The Morgan fingerprint density at radius 1 is 1.07 bits per heavy atom. The number of nitrogens with zero attached hydrogens (tertiary/aromatic N) is 1. The van der Waals surface area contributed by atoms with Gasteiger partial charge in [-0.25, -0.2) is 9.82 Å². The number of rotatable bonds is 11. The van der Waals surface area contributed by atoms with Gasteiger partial charge in [-0.2, -0.15) is 5.10 Å². The predicted octanol–water partition coefficient (Wildman–Crippen LogP) is 4.31. The highest BCUT2D eigenvalue weighted by Crippen LogP contribution is 2.16. The second kappa shape index (κ2) is 11.7. The number of carbonyl (C=O) groups excluding carboxylic acids is 1. The molecule has 0 aromatic heterocycles. The fourth-order valence-corrected chi connectivity index (χ4v) is 2.32. The van der Waals surface area contributed by atoms with Crippen molar-refractivity contribution in [3.05, 3.63) is 59.9 Å². The van der Waals surface area contributed by atoms with Gasteiger partial charge in [-0.05, 0) is 42.8 Å². The van der Waals surface area contributed by atoms with Gasteiger partial charge in [-0.15, -0.1) is 0 Å². The molecule has 0 aliphatic rings. The van der Waals surface area contributed by atoms with Crippen LogP contribution in [0, 0.1) is 5.82 Å². The Morgan fingerprint density at radius 3 is 2.63 bits per heavy atom. The van der Waals surface area contributed by atoms with Gasteiger partial charge >= 0.3 is 0 Å². The Balaban J connectivity index is 1.77. The van der Waals surface area contributed by atoms with Crippen LogP contribution in [0.1, 0.15) is 38.2 Å². The molecule has 0 spiro atoms. The lowest BCUT2D eigenvalue weighted by Gasteiger charge is -2.08. The van der Waals surface area contributed by atoms with E-state index >= 15 is 0 Å². The molecule has 0 atom stereocenters. The average Bonchev–Trinajstić information content (AvgIpc) is 2.68. The molecule has 2 aromatic carbocycles. The maximum Gasteiger partial charge on any atom is 0.277 e. The highest BCUT2D eigenvalue weighted by molar-refractivity contribution is 5.85. The zero-order valence-electron chi connectivity index (χ0n) is 15.5. The van der Waals surface area contributed by atoms with Gasteiger partial charge in [-0.1, -0.05) is 38.3 Å². The van der Waals surface area contributed by atoms with Crippen LogP contribution in [0.5, 0.6) is 11.5 Å². The van der Waals surface area contributed by atoms with Crippen LogP contribution in [0.15, 0.2) is 53.6 Å². The molecule has 0 bridgehead atoms. The lowest BCUT2D eigenvalue weighted by molar-refractivity contribution is -0.123. The molecule has 0 saturated heterocycles. The van der Waals surface area contributed by atoms with E-state index in [1.54, 1.807) is 0 Å². The van der Waals surface area contributed by atoms with Crippen molar-refractivity contribution in [2.75, 3.05) is 13.2 Å². The quantitative estimate of drug-likeness (QED) is 0.363. The molecule has 0 radical (unpaired) electrons. The normalized spacial score (nSPS) is 10.7. The van der Waals surface area contributed by atoms with E-state index in [4.69, 9.17) is 9.47 Å². The first kappa shape index (κ1) is 20.4. The largest absolute Gasteiger partial charge is 0.493 e. The Hall–Kier alpha value is -2.89. The molecule has 5 nitrogen and oxygen atoms in total. The molecule has 6 heteroatoms. The number of amides is 1. The number of hydrogen-bond donors (Lipinski definition) is 1. The Kier molecular flexibility index (Phi) is 8.83. The van der Waals surface area contributed by atoms with Crippen molar-refractivity contribution >= 4 is 12.1 Å². The molecule has 1 amide bonds. The minimum Gasteiger partial charge on any atom is -0.493 e. The van der Waals surface area contributed by atoms with E-state index < -0.39 is 5.91 Å². The summed E-state index contributed by atoms with van der Waals surface area (Å²) in [5.74, 6) is 0.378. The number of carbonyl (C=O) groups is 1. The first-order valence-electron chi connectivity index (χ1n) is 9.11. The van der Waals surface area contributed by atoms with Gasteiger partial charge in [0.05, 0.1) is 12.8 Å². The zero-order chi connectivity index (χ0) is 19.3. The van der Waals surface area contributed by atoms with Crippen LogP contribution in [-0.4, -0.2) is 25.3 Å². The number of unbranched alkanes of at least 4 members (excludes halogenated alkanes) is 3. The van der Waals surface area contributed by atoms with E-state index in [0.29, 0.717) is 12.4 Å². The molecule has 0 saturated carbocycles. The van der Waals surface area contributed by atoms with Crippen LogP contribution in [0.25, 0.3) is 0 Å². The molecule has 0 unspecified atom stereocenters. The summed E-state index contributed by atoms with van der Waals surface area (Å²) in [6.07, 6.45) is 6.09. The van der Waals surface area contributed by atoms with E-state index in [-0.39, 0.29) is 12.4 Å². The molecule has 0 aliphatic carbocycles. The highest BCUT2D eigenvalue weighted by atomic mass is 19.1. The van der Waals surface area contributed by atoms with Crippen LogP contribution in [0.4, 0.5) is 4.39 Å². The van der Waals surface area contributed by atoms with Crippen LogP contribution < -0.4 is 14.9 Å². The standard InChI is InChI=1S/C21H25FN2O3/c1-2-3-4-7-14-26-20-9-6-5-8-17(20)15-23-24-21(25)16-27-19-12-10-18(22)11-13-19/h5-6,8-13,15H,2-4,7,14,16H2,1H3,(H,24,25)/b23-15-. The SMILES string of the molecule is CCCCCCOc1ccccc1/C=N\NC(=O)COc1ccc(F)cc1. The van der Waals surface area contributed by atoms with E-state index in [2.05, 4.69) is 17.5 Å². The van der Waals surface area contributed by atoms with Crippen molar-refractivity contribution in [3.63, 3.8) is 0 Å². The summed E-state index contributed by atoms with van der Waals surface area (Å²) >= 11 is 0. The highest BCUT2D eigenvalue weighted by Gasteiger charge is 2.03. The lowest BCUT2D eigenvalue weighted by atomic mass is 10.2. The Morgan fingerprint density at radius 2 is 1.85 bits per heavy atom. The lowest BCUT2D eigenvalue weighted by Crippen LogP contribution is -2.24. The molecule has 2 rings (SSSR count). The first-order chi connectivity index (χ1) is 13.2. The fourth-order valence-electron chi connectivity index (χ4n) is 2.32. The molecule has 1 N–H and O–H groups in total. The van der Waals surface area contributed by atoms with Gasteiger partial charge in [0.15, 0.2) is 6.61 Å². The van der Waals surface area contributed by atoms with Gasteiger partial charge in [0, 0.05) is 5.56 Å². The van der Waals surface area contributed by atoms with Crippen molar-refractivity contribution in [1.29, 1.82) is 0 Å². The van der Waals surface area contributed by atoms with Crippen LogP contribution >= 0.6 is 0 Å². The summed E-state index contributed by atoms with van der Waals surface area (Å²) in [6, 6.07) is 13.0. The molecule has 144 valence electrons. The number of nitrogens with one attached hydrogen (secondary N) is 1. The number of halogens is 1. The monoisotopic (exact) mass is 372 g/mol. The number of benzene rings is 2. The van der Waals surface area contributed by atoms with Gasteiger partial charge in [0.2, 0.25) is 0 Å². The van der Waals surface area contributed by atoms with Crippen LogP contribution in [-0.2, 0) is 4.79 Å². The van der Waals surface area contributed by atoms with E-state index in [1.807, 2.05) is 24.3 Å². The molecular weight excluding hydrogens is 347 g/mol. The van der Waals surface area contributed by atoms with Gasteiger partial charge in [0.1, 0.15) is 17.3 Å². The predicted molar refractivity (Wildman–Crippen MR) is 104 cm³/mol. The second-order valence-electron chi connectivity index (χ2n) is 5.98. The van der Waals surface area contributed by atoms with Crippen LogP contribution in [0.2, 0.25) is 0 Å². The van der Waals surface area contributed by atoms with Crippen molar-refractivity contribution in [3.8, 4) is 11.5 Å². The smallest absolute Gasteiger partial charge is 0.277 e. The summed E-state index contributed by atoms with van der Waals surface area (Å²) in [5.41, 5.74) is 3.18. The zero-order valence-corrected chi connectivity index (χ0v) is 15.5. The van der Waals surface area contributed by atoms with Gasteiger partial charge in [0.25, 0.3) is 5.91 Å². The van der Waals surface area contributed by atoms with Gasteiger partial charge < -0.3 is 9.47 Å². The number of hydrogen-bond acceptors (Lipinski definition) is 4. The third kappa shape index (κ3) is 7.90. The third-order valence-corrected chi connectivity index (χ3v) is 3.75. The van der Waals surface area contributed by atoms with Crippen molar-refractivity contribution < 1.29 is 18.7 Å². The summed E-state index contributed by atoms with van der Waals surface area (Å²) < 4.78 is 23.9.